The molecule has 1 saturated carbocycles. The van der Waals surface area contributed by atoms with E-state index in [-0.39, 0.29) is 5.82 Å². The Hall–Kier alpha value is -3.78. The topological polar surface area (TPSA) is 80.0 Å². The molecule has 0 bridgehead atoms. The first-order valence-corrected chi connectivity index (χ1v) is 13.8. The van der Waals surface area contributed by atoms with Crippen molar-refractivity contribution in [2.45, 2.75) is 59.2 Å². The normalized spacial score (nSPS) is 21.4. The van der Waals surface area contributed by atoms with Crippen LogP contribution in [0.5, 0.6) is 0 Å². The number of fused-ring (bicyclic) bond motifs is 2. The van der Waals surface area contributed by atoms with Gasteiger partial charge in [-0.15, -0.1) is 0 Å². The predicted molar refractivity (Wildman–Crippen MR) is 153 cm³/mol. The number of carboxylic acid groups (broad SMARTS) is 1. The molecule has 0 radical (unpaired) electrons. The molecule has 40 heavy (non-hydrogen) atoms. The molecule has 8 heteroatoms. The fourth-order valence-electron chi connectivity index (χ4n) is 6.03. The fraction of sp³-hybridized carbons (Fsp3) is 0.406. The molecule has 208 valence electrons. The fourth-order valence-corrected chi connectivity index (χ4v) is 6.03. The molecule has 2 aliphatic rings. The van der Waals surface area contributed by atoms with Gasteiger partial charge in [0, 0.05) is 36.0 Å². The van der Waals surface area contributed by atoms with Crippen LogP contribution in [0.25, 0.3) is 28.0 Å². The monoisotopic (exact) mass is 542 g/mol. The summed E-state index contributed by atoms with van der Waals surface area (Å²) in [5, 5.41) is 15.3. The standard InChI is InChI=1S/C32H35FN4O3/c1-19-27(28(30(38)39)40-31(2,3)4)29(36-14-13-32(5)17-22(32)18-36)37-26(34-19)16-25(35-37)21-10-8-9-20(15-21)23-11-6-7-12-24(23)33/h6-12,15-16,22,28H,13-14,17-18H2,1-5H3,(H,38,39)/t22?,28-,32?/m0/s1. The number of anilines is 1. The molecule has 0 amide bonds. The van der Waals surface area contributed by atoms with Crippen molar-refractivity contribution in [3.8, 4) is 22.4 Å². The van der Waals surface area contributed by atoms with Crippen molar-refractivity contribution >= 4 is 17.4 Å². The SMILES string of the molecule is Cc1nc2cc(-c3cccc(-c4ccccc4F)c3)nn2c(N2CCC3(C)CC3C2)c1[C@H](OC(C)(C)C)C(=O)O. The lowest BCUT2D eigenvalue weighted by Crippen LogP contribution is -2.38. The minimum Gasteiger partial charge on any atom is -0.479 e. The Morgan fingerprint density at radius 3 is 2.60 bits per heavy atom. The second-order valence-electron chi connectivity index (χ2n) is 12.5. The number of aryl methyl sites for hydroxylation is 1. The zero-order valence-corrected chi connectivity index (χ0v) is 23.6. The van der Waals surface area contributed by atoms with Crippen LogP contribution in [0, 0.1) is 24.1 Å². The molecule has 3 heterocycles. The number of hydrogen-bond acceptors (Lipinski definition) is 5. The summed E-state index contributed by atoms with van der Waals surface area (Å²) in [6.07, 6.45) is 1.02. The molecule has 2 aromatic carbocycles. The average Bonchev–Trinajstić information content (AvgIpc) is 3.40. The van der Waals surface area contributed by atoms with E-state index in [1.54, 1.807) is 16.6 Å². The van der Waals surface area contributed by atoms with Crippen molar-refractivity contribution in [2.75, 3.05) is 18.0 Å². The number of benzene rings is 2. The molecule has 6 rings (SSSR count). The van der Waals surface area contributed by atoms with Crippen LogP contribution in [0.3, 0.4) is 0 Å². The van der Waals surface area contributed by atoms with Gasteiger partial charge in [-0.2, -0.15) is 9.61 Å². The Kier molecular flexibility index (Phi) is 6.22. The molecule has 4 aromatic rings. The van der Waals surface area contributed by atoms with Crippen molar-refractivity contribution in [2.24, 2.45) is 11.3 Å². The van der Waals surface area contributed by atoms with Crippen LogP contribution in [0.2, 0.25) is 0 Å². The summed E-state index contributed by atoms with van der Waals surface area (Å²) in [5.74, 6) is -0.0465. The summed E-state index contributed by atoms with van der Waals surface area (Å²) in [4.78, 5) is 19.7. The summed E-state index contributed by atoms with van der Waals surface area (Å²) in [6.45, 7) is 11.4. The lowest BCUT2D eigenvalue weighted by Gasteiger charge is -2.35. The molecule has 2 fully saturated rings. The molecule has 1 aliphatic carbocycles. The van der Waals surface area contributed by atoms with E-state index in [1.165, 1.54) is 12.5 Å². The van der Waals surface area contributed by atoms with Crippen LogP contribution in [0.15, 0.2) is 54.6 Å². The zero-order valence-electron chi connectivity index (χ0n) is 23.6. The highest BCUT2D eigenvalue weighted by molar-refractivity contribution is 5.79. The van der Waals surface area contributed by atoms with Crippen molar-refractivity contribution < 1.29 is 19.0 Å². The summed E-state index contributed by atoms with van der Waals surface area (Å²) < 4.78 is 22.5. The quantitative estimate of drug-likeness (QED) is 0.293. The molecule has 1 saturated heterocycles. The largest absolute Gasteiger partial charge is 0.479 e. The molecule has 2 aromatic heterocycles. The van der Waals surface area contributed by atoms with Gasteiger partial charge >= 0.3 is 5.97 Å². The van der Waals surface area contributed by atoms with Gasteiger partial charge in [-0.3, -0.25) is 0 Å². The Morgan fingerprint density at radius 2 is 1.90 bits per heavy atom. The summed E-state index contributed by atoms with van der Waals surface area (Å²) >= 11 is 0. The van der Waals surface area contributed by atoms with E-state index in [0.29, 0.717) is 39.5 Å². The summed E-state index contributed by atoms with van der Waals surface area (Å²) in [7, 11) is 0. The Morgan fingerprint density at radius 1 is 1.15 bits per heavy atom. The minimum atomic E-state index is -1.20. The van der Waals surface area contributed by atoms with Crippen molar-refractivity contribution in [3.05, 3.63) is 71.7 Å². The first-order valence-electron chi connectivity index (χ1n) is 13.8. The maximum absolute atomic E-state index is 14.5. The molecule has 0 spiro atoms. The van der Waals surface area contributed by atoms with Gasteiger partial charge in [0.05, 0.1) is 16.9 Å². The Bertz CT molecular complexity index is 1620. The zero-order chi connectivity index (χ0) is 28.4. The van der Waals surface area contributed by atoms with Gasteiger partial charge in [-0.05, 0) is 69.6 Å². The number of aliphatic carboxylic acids is 1. The molecule has 7 nitrogen and oxygen atoms in total. The highest BCUT2D eigenvalue weighted by Gasteiger charge is 2.53. The first-order chi connectivity index (χ1) is 18.9. The number of hydrogen-bond donors (Lipinski definition) is 1. The van der Waals surface area contributed by atoms with E-state index in [4.69, 9.17) is 14.8 Å². The minimum absolute atomic E-state index is 0.283. The number of aromatic nitrogens is 3. The van der Waals surface area contributed by atoms with Crippen LogP contribution < -0.4 is 4.90 Å². The maximum atomic E-state index is 14.5. The van der Waals surface area contributed by atoms with E-state index < -0.39 is 17.7 Å². The molecular formula is C32H35FN4O3. The molecule has 1 aliphatic heterocycles. The van der Waals surface area contributed by atoms with Gasteiger partial charge in [-0.25, -0.2) is 14.2 Å². The lowest BCUT2D eigenvalue weighted by molar-refractivity contribution is -0.160. The van der Waals surface area contributed by atoms with E-state index in [2.05, 4.69) is 11.8 Å². The van der Waals surface area contributed by atoms with Crippen LogP contribution >= 0.6 is 0 Å². The van der Waals surface area contributed by atoms with Gasteiger partial charge in [0.25, 0.3) is 0 Å². The third kappa shape index (κ3) is 4.74. The first kappa shape index (κ1) is 26.4. The number of carbonyl (C=O) groups is 1. The van der Waals surface area contributed by atoms with Gasteiger partial charge < -0.3 is 14.7 Å². The van der Waals surface area contributed by atoms with E-state index in [9.17, 15) is 14.3 Å². The molecule has 2 unspecified atom stereocenters. The number of rotatable bonds is 6. The van der Waals surface area contributed by atoms with Crippen LogP contribution in [0.4, 0.5) is 10.2 Å². The van der Waals surface area contributed by atoms with Gasteiger partial charge in [0.1, 0.15) is 11.6 Å². The van der Waals surface area contributed by atoms with Gasteiger partial charge in [-0.1, -0.05) is 43.3 Å². The molecule has 3 atom stereocenters. The predicted octanol–water partition coefficient (Wildman–Crippen LogP) is 6.69. The third-order valence-corrected chi connectivity index (χ3v) is 8.34. The van der Waals surface area contributed by atoms with Crippen molar-refractivity contribution in [3.63, 3.8) is 0 Å². The summed E-state index contributed by atoms with van der Waals surface area (Å²) in [5.41, 5.74) is 4.25. The highest BCUT2D eigenvalue weighted by atomic mass is 19.1. The van der Waals surface area contributed by atoms with E-state index >= 15 is 0 Å². The van der Waals surface area contributed by atoms with Crippen LogP contribution in [-0.2, 0) is 9.53 Å². The lowest BCUT2D eigenvalue weighted by atomic mass is 9.97. The smallest absolute Gasteiger partial charge is 0.337 e. The van der Waals surface area contributed by atoms with Crippen LogP contribution in [0.1, 0.15) is 57.9 Å². The second kappa shape index (κ2) is 9.41. The molecular weight excluding hydrogens is 507 g/mol. The summed E-state index contributed by atoms with van der Waals surface area (Å²) in [6, 6.07) is 16.3. The number of piperidine rings is 1. The van der Waals surface area contributed by atoms with Crippen molar-refractivity contribution in [1.29, 1.82) is 0 Å². The van der Waals surface area contributed by atoms with Crippen LogP contribution in [-0.4, -0.2) is 44.4 Å². The Labute approximate surface area is 233 Å². The van der Waals surface area contributed by atoms with Crippen molar-refractivity contribution in [1.82, 2.24) is 14.6 Å². The Balaban J connectivity index is 1.51. The van der Waals surface area contributed by atoms with Gasteiger partial charge in [0.2, 0.25) is 0 Å². The number of halogens is 1. The molecule has 1 N–H and O–H groups in total. The number of ether oxygens (including phenoxy) is 1. The number of carboxylic acids is 1. The second-order valence-corrected chi connectivity index (χ2v) is 12.5. The van der Waals surface area contributed by atoms with E-state index in [1.807, 2.05) is 64.1 Å². The third-order valence-electron chi connectivity index (χ3n) is 8.34. The number of nitrogens with zero attached hydrogens (tertiary/aromatic N) is 4. The van der Waals surface area contributed by atoms with E-state index in [0.717, 1.165) is 36.5 Å². The highest BCUT2D eigenvalue weighted by Crippen LogP contribution is 2.58. The van der Waals surface area contributed by atoms with Gasteiger partial charge in [0.15, 0.2) is 11.8 Å². The maximum Gasteiger partial charge on any atom is 0.337 e. The average molecular weight is 543 g/mol.